The maximum atomic E-state index is 5.77. The Morgan fingerprint density at radius 2 is 1.24 bits per heavy atom. The second-order valence-electron chi connectivity index (χ2n) is 6.47. The van der Waals surface area contributed by atoms with Crippen molar-refractivity contribution in [2.75, 3.05) is 13.2 Å². The van der Waals surface area contributed by atoms with Crippen molar-refractivity contribution in [1.82, 2.24) is 0 Å². The molecular weight excluding hydrogens is 308 g/mol. The Bertz CT molecular complexity index is 369. The first-order valence-electron chi connectivity index (χ1n) is 10.5. The summed E-state index contributed by atoms with van der Waals surface area (Å²) >= 11 is 0. The Kier molecular flexibility index (Phi) is 19.6. The molecule has 0 radical (unpaired) electrons. The first-order valence-corrected chi connectivity index (χ1v) is 10.5. The van der Waals surface area contributed by atoms with Crippen LogP contribution in [0.4, 0.5) is 0 Å². The summed E-state index contributed by atoms with van der Waals surface area (Å²) in [6.45, 7) is 8.10. The molecule has 0 unspecified atom stereocenters. The number of hydrogen-bond acceptors (Lipinski definition) is 2. The molecule has 0 atom stereocenters. The van der Waals surface area contributed by atoms with Gasteiger partial charge in [0.1, 0.15) is 0 Å². The van der Waals surface area contributed by atoms with Gasteiger partial charge in [-0.1, -0.05) is 90.1 Å². The summed E-state index contributed by atoms with van der Waals surface area (Å²) < 4.78 is 11.5. The van der Waals surface area contributed by atoms with Gasteiger partial charge in [-0.25, -0.2) is 0 Å². The van der Waals surface area contributed by atoms with Crippen LogP contribution in [0.25, 0.3) is 0 Å². The zero-order valence-corrected chi connectivity index (χ0v) is 16.9. The number of unbranched alkanes of at least 4 members (excludes halogenated alkanes) is 9. The van der Waals surface area contributed by atoms with Crippen LogP contribution in [0.15, 0.2) is 24.2 Å². The Morgan fingerprint density at radius 1 is 0.680 bits per heavy atom. The molecule has 0 aromatic heterocycles. The van der Waals surface area contributed by atoms with E-state index in [4.69, 9.17) is 9.47 Å². The highest BCUT2D eigenvalue weighted by Crippen LogP contribution is 2.07. The van der Waals surface area contributed by atoms with Crippen molar-refractivity contribution in [2.24, 2.45) is 0 Å². The van der Waals surface area contributed by atoms with Gasteiger partial charge in [-0.15, -0.1) is 0 Å². The number of allylic oxidation sites excluding steroid dienone is 3. The van der Waals surface area contributed by atoms with Crippen molar-refractivity contribution in [3.8, 4) is 11.8 Å². The highest BCUT2D eigenvalue weighted by atomic mass is 16.7. The summed E-state index contributed by atoms with van der Waals surface area (Å²) in [6, 6.07) is 0. The number of ether oxygens (including phenoxy) is 2. The van der Waals surface area contributed by atoms with Gasteiger partial charge in [-0.3, -0.25) is 0 Å². The lowest BCUT2D eigenvalue weighted by Crippen LogP contribution is -2.01. The normalized spacial score (nSPS) is 10.4. The molecule has 0 aliphatic carbocycles. The van der Waals surface area contributed by atoms with Crippen LogP contribution in [-0.2, 0) is 9.47 Å². The molecule has 0 saturated carbocycles. The second kappa shape index (κ2) is 20.7. The van der Waals surface area contributed by atoms with E-state index in [1.807, 2.05) is 6.08 Å². The smallest absolute Gasteiger partial charge is 0.287 e. The van der Waals surface area contributed by atoms with E-state index in [1.54, 1.807) is 6.08 Å². The minimum absolute atomic E-state index is 0.583. The third-order valence-electron chi connectivity index (χ3n) is 3.93. The molecule has 0 aliphatic rings. The molecule has 0 amide bonds. The van der Waals surface area contributed by atoms with Crippen LogP contribution in [0.5, 0.6) is 0 Å². The lowest BCUT2D eigenvalue weighted by molar-refractivity contribution is 0.0326. The summed E-state index contributed by atoms with van der Waals surface area (Å²) in [6.07, 6.45) is 20.4. The van der Waals surface area contributed by atoms with Crippen LogP contribution in [0.1, 0.15) is 97.8 Å². The predicted molar refractivity (Wildman–Crippen MR) is 109 cm³/mol. The number of rotatable bonds is 16. The van der Waals surface area contributed by atoms with Crippen molar-refractivity contribution in [3.05, 3.63) is 24.2 Å². The largest absolute Gasteiger partial charge is 0.465 e. The molecule has 0 saturated heterocycles. The molecule has 0 bridgehead atoms. The van der Waals surface area contributed by atoms with E-state index in [9.17, 15) is 0 Å². The van der Waals surface area contributed by atoms with Crippen LogP contribution in [0.2, 0.25) is 0 Å². The van der Waals surface area contributed by atoms with E-state index in [1.165, 1.54) is 57.8 Å². The van der Waals surface area contributed by atoms with Gasteiger partial charge < -0.3 is 9.47 Å². The quantitative estimate of drug-likeness (QED) is 0.167. The lowest BCUT2D eigenvalue weighted by Gasteiger charge is -2.11. The molecule has 0 aromatic carbocycles. The zero-order valence-electron chi connectivity index (χ0n) is 16.9. The SMILES string of the molecule is CCCCC/C=C\C#CC=C(OCCCCCC)OCCCCCC. The third-order valence-corrected chi connectivity index (χ3v) is 3.93. The summed E-state index contributed by atoms with van der Waals surface area (Å²) in [5.41, 5.74) is 0. The molecule has 2 nitrogen and oxygen atoms in total. The molecule has 25 heavy (non-hydrogen) atoms. The molecule has 144 valence electrons. The van der Waals surface area contributed by atoms with Crippen LogP contribution < -0.4 is 0 Å². The summed E-state index contributed by atoms with van der Waals surface area (Å²) in [5.74, 6) is 6.66. The summed E-state index contributed by atoms with van der Waals surface area (Å²) in [7, 11) is 0. The van der Waals surface area contributed by atoms with Crippen LogP contribution in [-0.4, -0.2) is 13.2 Å². The molecule has 0 aromatic rings. The Balaban J connectivity index is 4.19. The van der Waals surface area contributed by atoms with Crippen molar-refractivity contribution in [2.45, 2.75) is 97.8 Å². The van der Waals surface area contributed by atoms with Crippen LogP contribution in [0, 0.1) is 11.8 Å². The fraction of sp³-hybridized carbons (Fsp3) is 0.739. The topological polar surface area (TPSA) is 18.5 Å². The third kappa shape index (κ3) is 18.8. The van der Waals surface area contributed by atoms with Gasteiger partial charge in [-0.05, 0) is 31.8 Å². The zero-order chi connectivity index (χ0) is 18.4. The molecule has 0 N–H and O–H groups in total. The van der Waals surface area contributed by atoms with Gasteiger partial charge in [0, 0.05) is 0 Å². The van der Waals surface area contributed by atoms with E-state index in [0.29, 0.717) is 5.95 Å². The average molecular weight is 349 g/mol. The molecule has 0 aliphatic heterocycles. The molecular formula is C23H40O2. The van der Waals surface area contributed by atoms with Gasteiger partial charge in [0.25, 0.3) is 5.95 Å². The highest BCUT2D eigenvalue weighted by Gasteiger charge is 1.99. The van der Waals surface area contributed by atoms with Gasteiger partial charge >= 0.3 is 0 Å². The van der Waals surface area contributed by atoms with E-state index in [-0.39, 0.29) is 0 Å². The monoisotopic (exact) mass is 348 g/mol. The van der Waals surface area contributed by atoms with Gasteiger partial charge in [0.15, 0.2) is 0 Å². The van der Waals surface area contributed by atoms with E-state index >= 15 is 0 Å². The fourth-order valence-corrected chi connectivity index (χ4v) is 2.33. The van der Waals surface area contributed by atoms with Crippen molar-refractivity contribution in [3.63, 3.8) is 0 Å². The Hall–Kier alpha value is -1.36. The minimum Gasteiger partial charge on any atom is -0.465 e. The molecule has 0 spiro atoms. The minimum atomic E-state index is 0.583. The van der Waals surface area contributed by atoms with Crippen molar-refractivity contribution < 1.29 is 9.47 Å². The predicted octanol–water partition coefficient (Wildman–Crippen LogP) is 7.16. The average Bonchev–Trinajstić information content (AvgIpc) is 2.62. The van der Waals surface area contributed by atoms with E-state index < -0.39 is 0 Å². The van der Waals surface area contributed by atoms with Crippen molar-refractivity contribution >= 4 is 0 Å². The second-order valence-corrected chi connectivity index (χ2v) is 6.47. The van der Waals surface area contributed by atoms with Gasteiger partial charge in [0.2, 0.25) is 0 Å². The first-order chi connectivity index (χ1) is 12.3. The van der Waals surface area contributed by atoms with Gasteiger partial charge in [0.05, 0.1) is 19.3 Å². The molecule has 0 heterocycles. The Labute approximate surface area is 157 Å². The van der Waals surface area contributed by atoms with E-state index in [2.05, 4.69) is 38.7 Å². The molecule has 0 rings (SSSR count). The summed E-state index contributed by atoms with van der Waals surface area (Å²) in [5, 5.41) is 0. The summed E-state index contributed by atoms with van der Waals surface area (Å²) in [4.78, 5) is 0. The lowest BCUT2D eigenvalue weighted by atomic mass is 10.2. The van der Waals surface area contributed by atoms with E-state index in [0.717, 1.165) is 32.5 Å². The molecule has 0 fully saturated rings. The fourth-order valence-electron chi connectivity index (χ4n) is 2.33. The molecule has 2 heteroatoms. The maximum Gasteiger partial charge on any atom is 0.287 e. The standard InChI is InChI=1S/C23H40O2/c1-4-7-10-13-14-15-16-17-20-23(24-21-18-11-8-5-2)25-22-19-12-9-6-3/h14-15,20H,4-13,18-19,21-22H2,1-3H3/b15-14-. The number of hydrogen-bond donors (Lipinski definition) is 0. The Morgan fingerprint density at radius 3 is 1.80 bits per heavy atom. The van der Waals surface area contributed by atoms with Gasteiger partial charge in [-0.2, -0.15) is 0 Å². The van der Waals surface area contributed by atoms with Crippen molar-refractivity contribution in [1.29, 1.82) is 0 Å². The highest BCUT2D eigenvalue weighted by molar-refractivity contribution is 5.23. The van der Waals surface area contributed by atoms with Crippen LogP contribution >= 0.6 is 0 Å². The first kappa shape index (κ1) is 23.6. The maximum absolute atomic E-state index is 5.77. The van der Waals surface area contributed by atoms with Crippen LogP contribution in [0.3, 0.4) is 0 Å².